The molecular weight excluding hydrogens is 332 g/mol. The second-order valence-electron chi connectivity index (χ2n) is 5.46. The highest BCUT2D eigenvalue weighted by Gasteiger charge is 2.02. The molecule has 6 heteroatoms. The Morgan fingerprint density at radius 2 is 1.69 bits per heavy atom. The molecule has 0 radical (unpaired) electrons. The predicted molar refractivity (Wildman–Crippen MR) is 97.4 cm³/mol. The van der Waals surface area contributed by atoms with E-state index in [9.17, 15) is 4.79 Å². The van der Waals surface area contributed by atoms with Gasteiger partial charge >= 0.3 is 0 Å². The van der Waals surface area contributed by atoms with Crippen molar-refractivity contribution in [3.8, 4) is 23.3 Å². The minimum atomic E-state index is -0.255. The summed E-state index contributed by atoms with van der Waals surface area (Å²) in [6.45, 7) is 1.32. The third kappa shape index (κ3) is 6.73. The van der Waals surface area contributed by atoms with Crippen LogP contribution in [0.2, 0.25) is 0 Å². The van der Waals surface area contributed by atoms with Gasteiger partial charge in [0, 0.05) is 12.6 Å². The Morgan fingerprint density at radius 3 is 2.38 bits per heavy atom. The van der Waals surface area contributed by atoms with E-state index in [-0.39, 0.29) is 12.3 Å². The van der Waals surface area contributed by atoms with Gasteiger partial charge in [0.05, 0.1) is 13.2 Å². The number of carbonyl (C=O) groups excluding carboxylic acids is 1. The zero-order valence-electron chi connectivity index (χ0n) is 14.7. The Bertz CT molecular complexity index is 755. The van der Waals surface area contributed by atoms with E-state index in [1.807, 2.05) is 54.6 Å². The summed E-state index contributed by atoms with van der Waals surface area (Å²) in [4.78, 5) is 11.3. The third-order valence-electron chi connectivity index (χ3n) is 3.54. The lowest BCUT2D eigenvalue weighted by atomic mass is 10.1. The molecule has 0 atom stereocenters. The summed E-state index contributed by atoms with van der Waals surface area (Å²) in [6.07, 6.45) is 0.561. The quantitative estimate of drug-likeness (QED) is 0.664. The summed E-state index contributed by atoms with van der Waals surface area (Å²) in [6, 6.07) is 16.9. The van der Waals surface area contributed by atoms with Crippen LogP contribution in [0.1, 0.15) is 12.0 Å². The number of rotatable bonds is 10. The average molecular weight is 354 g/mol. The van der Waals surface area contributed by atoms with E-state index < -0.39 is 0 Å². The van der Waals surface area contributed by atoms with Crippen LogP contribution in [0.5, 0.6) is 17.2 Å². The fourth-order valence-electron chi connectivity index (χ4n) is 2.28. The molecule has 136 valence electrons. The first-order chi connectivity index (χ1) is 12.7. The van der Waals surface area contributed by atoms with Crippen molar-refractivity contribution in [1.82, 2.24) is 5.32 Å². The molecule has 6 nitrogen and oxygen atoms in total. The minimum absolute atomic E-state index is 0.115. The lowest BCUT2D eigenvalue weighted by molar-refractivity contribution is -0.120. The van der Waals surface area contributed by atoms with E-state index in [1.54, 1.807) is 7.11 Å². The number of carbonyl (C=O) groups is 1. The van der Waals surface area contributed by atoms with Gasteiger partial charge in [-0.2, -0.15) is 5.26 Å². The van der Waals surface area contributed by atoms with Crippen molar-refractivity contribution in [2.24, 2.45) is 0 Å². The van der Waals surface area contributed by atoms with Crippen molar-refractivity contribution < 1.29 is 19.0 Å². The highest BCUT2D eigenvalue weighted by molar-refractivity contribution is 5.77. The molecule has 0 aromatic heterocycles. The number of nitrogens with one attached hydrogen (secondary N) is 1. The monoisotopic (exact) mass is 354 g/mol. The summed E-state index contributed by atoms with van der Waals surface area (Å²) in [5.74, 6) is 1.97. The molecule has 26 heavy (non-hydrogen) atoms. The number of amides is 1. The smallest absolute Gasteiger partial charge is 0.234 e. The molecule has 2 rings (SSSR count). The summed E-state index contributed by atoms with van der Waals surface area (Å²) in [7, 11) is 1.62. The Kier molecular flexibility index (Phi) is 7.81. The highest BCUT2D eigenvalue weighted by atomic mass is 16.5. The van der Waals surface area contributed by atoms with Crippen LogP contribution < -0.4 is 19.5 Å². The molecule has 0 aliphatic carbocycles. The maximum atomic E-state index is 11.3. The van der Waals surface area contributed by atoms with Crippen molar-refractivity contribution in [3.05, 3.63) is 54.1 Å². The molecule has 0 fully saturated rings. The molecule has 0 saturated heterocycles. The first-order valence-corrected chi connectivity index (χ1v) is 8.33. The minimum Gasteiger partial charge on any atom is -0.497 e. The summed E-state index contributed by atoms with van der Waals surface area (Å²) in [5.41, 5.74) is 1.05. The Hall–Kier alpha value is -3.20. The van der Waals surface area contributed by atoms with Gasteiger partial charge in [0.15, 0.2) is 0 Å². The SMILES string of the molecule is COc1cccc(OCCOc2cccc(CCNC(=O)CC#N)c2)c1. The van der Waals surface area contributed by atoms with Crippen LogP contribution in [-0.4, -0.2) is 32.8 Å². The number of benzene rings is 2. The standard InChI is InChI=1S/C20H22N2O4/c1-24-17-5-3-7-19(15-17)26-13-12-25-18-6-2-4-16(14-18)9-11-22-20(23)8-10-21/h2-7,14-15H,8-9,11-13H2,1H3,(H,22,23). The van der Waals surface area contributed by atoms with Crippen molar-refractivity contribution in [2.45, 2.75) is 12.8 Å². The molecule has 2 aromatic carbocycles. The van der Waals surface area contributed by atoms with Gasteiger partial charge in [0.2, 0.25) is 5.91 Å². The molecular formula is C20H22N2O4. The number of nitrogens with zero attached hydrogens (tertiary/aromatic N) is 1. The topological polar surface area (TPSA) is 80.6 Å². The van der Waals surface area contributed by atoms with Crippen LogP contribution in [0.4, 0.5) is 0 Å². The molecule has 0 heterocycles. The first kappa shape index (κ1) is 19.1. The Balaban J connectivity index is 1.72. The molecule has 0 bridgehead atoms. The van der Waals surface area contributed by atoms with E-state index in [0.717, 1.165) is 22.8 Å². The number of methoxy groups -OCH3 is 1. The lowest BCUT2D eigenvalue weighted by Gasteiger charge is -2.10. The Morgan fingerprint density at radius 1 is 1.04 bits per heavy atom. The zero-order valence-corrected chi connectivity index (χ0v) is 14.7. The van der Waals surface area contributed by atoms with Crippen LogP contribution in [0.15, 0.2) is 48.5 Å². The molecule has 2 aromatic rings. The van der Waals surface area contributed by atoms with Crippen molar-refractivity contribution in [3.63, 3.8) is 0 Å². The molecule has 0 aliphatic rings. The van der Waals surface area contributed by atoms with Gasteiger partial charge < -0.3 is 19.5 Å². The fraction of sp³-hybridized carbons (Fsp3) is 0.300. The van der Waals surface area contributed by atoms with E-state index in [4.69, 9.17) is 19.5 Å². The maximum absolute atomic E-state index is 11.3. The number of ether oxygens (including phenoxy) is 3. The maximum Gasteiger partial charge on any atom is 0.234 e. The van der Waals surface area contributed by atoms with E-state index in [0.29, 0.717) is 26.2 Å². The van der Waals surface area contributed by atoms with Crippen LogP contribution in [0.25, 0.3) is 0 Å². The van der Waals surface area contributed by atoms with Crippen molar-refractivity contribution >= 4 is 5.91 Å². The summed E-state index contributed by atoms with van der Waals surface area (Å²) < 4.78 is 16.5. The average Bonchev–Trinajstić information content (AvgIpc) is 2.66. The molecule has 0 saturated carbocycles. The number of hydrogen-bond acceptors (Lipinski definition) is 5. The van der Waals surface area contributed by atoms with Crippen molar-refractivity contribution in [1.29, 1.82) is 5.26 Å². The third-order valence-corrected chi connectivity index (χ3v) is 3.54. The predicted octanol–water partition coefficient (Wildman–Crippen LogP) is 2.73. The summed E-state index contributed by atoms with van der Waals surface area (Å²) >= 11 is 0. The van der Waals surface area contributed by atoms with Gasteiger partial charge in [-0.25, -0.2) is 0 Å². The zero-order chi connectivity index (χ0) is 18.6. The van der Waals surface area contributed by atoms with Gasteiger partial charge in [0.1, 0.15) is 36.9 Å². The van der Waals surface area contributed by atoms with Gasteiger partial charge in [-0.15, -0.1) is 0 Å². The fourth-order valence-corrected chi connectivity index (χ4v) is 2.28. The van der Waals surface area contributed by atoms with Crippen molar-refractivity contribution in [2.75, 3.05) is 26.9 Å². The second kappa shape index (κ2) is 10.6. The molecule has 0 spiro atoms. The van der Waals surface area contributed by atoms with Gasteiger partial charge in [-0.1, -0.05) is 18.2 Å². The molecule has 0 aliphatic heterocycles. The summed E-state index contributed by atoms with van der Waals surface area (Å²) in [5, 5.41) is 11.1. The van der Waals surface area contributed by atoms with Gasteiger partial charge in [0.25, 0.3) is 0 Å². The molecule has 1 N–H and O–H groups in total. The van der Waals surface area contributed by atoms with Crippen LogP contribution in [0.3, 0.4) is 0 Å². The Labute approximate surface area is 153 Å². The van der Waals surface area contributed by atoms with E-state index in [1.165, 1.54) is 0 Å². The van der Waals surface area contributed by atoms with Crippen LogP contribution >= 0.6 is 0 Å². The normalized spacial score (nSPS) is 9.85. The van der Waals surface area contributed by atoms with E-state index in [2.05, 4.69) is 5.32 Å². The van der Waals surface area contributed by atoms with Gasteiger partial charge in [-0.3, -0.25) is 4.79 Å². The number of nitriles is 1. The van der Waals surface area contributed by atoms with Gasteiger partial charge in [-0.05, 0) is 36.2 Å². The van der Waals surface area contributed by atoms with Crippen LogP contribution in [-0.2, 0) is 11.2 Å². The first-order valence-electron chi connectivity index (χ1n) is 8.33. The van der Waals surface area contributed by atoms with E-state index >= 15 is 0 Å². The molecule has 1 amide bonds. The lowest BCUT2D eigenvalue weighted by Crippen LogP contribution is -2.24. The highest BCUT2D eigenvalue weighted by Crippen LogP contribution is 2.19. The largest absolute Gasteiger partial charge is 0.497 e. The molecule has 0 unspecified atom stereocenters. The number of hydrogen-bond donors (Lipinski definition) is 1. The second-order valence-corrected chi connectivity index (χ2v) is 5.46. The van der Waals surface area contributed by atoms with Crippen LogP contribution in [0, 0.1) is 11.3 Å².